The van der Waals surface area contributed by atoms with Gasteiger partial charge in [-0.1, -0.05) is 26.0 Å². The monoisotopic (exact) mass is 434 g/mol. The maximum Gasteiger partial charge on any atom is 0.251 e. The molecule has 0 radical (unpaired) electrons. The van der Waals surface area contributed by atoms with E-state index in [1.165, 1.54) is 10.4 Å². The molecule has 0 saturated heterocycles. The number of rotatable bonds is 10. The van der Waals surface area contributed by atoms with Crippen LogP contribution in [-0.2, 0) is 16.4 Å². The van der Waals surface area contributed by atoms with Crippen LogP contribution in [0.3, 0.4) is 0 Å². The van der Waals surface area contributed by atoms with Crippen molar-refractivity contribution in [1.29, 1.82) is 0 Å². The summed E-state index contributed by atoms with van der Waals surface area (Å²) in [5.41, 5.74) is 1.92. The van der Waals surface area contributed by atoms with Crippen LogP contribution in [0.4, 0.5) is 0 Å². The van der Waals surface area contributed by atoms with Crippen molar-refractivity contribution >= 4 is 15.9 Å². The molecule has 2 aromatic carbocycles. The Labute approximate surface area is 179 Å². The minimum atomic E-state index is -3.64. The highest BCUT2D eigenvalue weighted by atomic mass is 32.2. The topological polar surface area (TPSA) is 84.9 Å². The van der Waals surface area contributed by atoms with E-state index in [9.17, 15) is 13.2 Å². The zero-order valence-corrected chi connectivity index (χ0v) is 19.0. The molecule has 0 fully saturated rings. The number of aryl methyl sites for hydroxylation is 1. The van der Waals surface area contributed by atoms with E-state index in [-0.39, 0.29) is 10.8 Å². The van der Waals surface area contributed by atoms with Crippen molar-refractivity contribution in [3.8, 4) is 11.5 Å². The lowest BCUT2D eigenvalue weighted by Gasteiger charge is -2.20. The van der Waals surface area contributed by atoms with Crippen molar-refractivity contribution in [2.24, 2.45) is 0 Å². The van der Waals surface area contributed by atoms with E-state index < -0.39 is 10.0 Å². The summed E-state index contributed by atoms with van der Waals surface area (Å²) in [6, 6.07) is 10.4. The van der Waals surface area contributed by atoms with Crippen molar-refractivity contribution in [3.05, 3.63) is 53.1 Å². The van der Waals surface area contributed by atoms with Gasteiger partial charge in [0, 0.05) is 25.2 Å². The average molecular weight is 435 g/mol. The fourth-order valence-electron chi connectivity index (χ4n) is 3.18. The Hall–Kier alpha value is -2.58. The molecule has 1 N–H and O–H groups in total. The fourth-order valence-corrected chi connectivity index (χ4v) is 4.89. The van der Waals surface area contributed by atoms with Crippen LogP contribution in [0.2, 0.25) is 0 Å². The third-order valence-electron chi connectivity index (χ3n) is 4.92. The van der Waals surface area contributed by atoms with E-state index in [0.717, 1.165) is 5.56 Å². The maximum absolute atomic E-state index is 12.9. The molecule has 0 heterocycles. The summed E-state index contributed by atoms with van der Waals surface area (Å²) in [6.45, 7) is 6.47. The van der Waals surface area contributed by atoms with Gasteiger partial charge in [-0.15, -0.1) is 0 Å². The first-order valence-corrected chi connectivity index (χ1v) is 11.3. The van der Waals surface area contributed by atoms with Crippen molar-refractivity contribution < 1.29 is 22.7 Å². The third-order valence-corrected chi connectivity index (χ3v) is 7.11. The van der Waals surface area contributed by atoms with E-state index in [1.54, 1.807) is 47.1 Å². The molecule has 164 valence electrons. The molecule has 0 spiro atoms. The summed E-state index contributed by atoms with van der Waals surface area (Å²) in [4.78, 5) is 12.8. The molecule has 2 rings (SSSR count). The Kier molecular flexibility index (Phi) is 8.25. The Balaban J connectivity index is 2.11. The molecule has 30 heavy (non-hydrogen) atoms. The van der Waals surface area contributed by atoms with Crippen molar-refractivity contribution in [2.45, 2.75) is 32.1 Å². The number of hydrogen-bond donors (Lipinski definition) is 1. The smallest absolute Gasteiger partial charge is 0.251 e. The predicted molar refractivity (Wildman–Crippen MR) is 117 cm³/mol. The van der Waals surface area contributed by atoms with Gasteiger partial charge in [-0.25, -0.2) is 8.42 Å². The second-order valence-corrected chi connectivity index (χ2v) is 8.67. The number of nitrogens with zero attached hydrogens (tertiary/aromatic N) is 1. The summed E-state index contributed by atoms with van der Waals surface area (Å²) in [5.74, 6) is 0.962. The van der Waals surface area contributed by atoms with Crippen LogP contribution in [0.25, 0.3) is 0 Å². The van der Waals surface area contributed by atoms with E-state index in [4.69, 9.17) is 9.47 Å². The maximum atomic E-state index is 12.9. The molecule has 7 nitrogen and oxygen atoms in total. The fraction of sp³-hybridized carbons (Fsp3) is 0.409. The highest BCUT2D eigenvalue weighted by molar-refractivity contribution is 7.89. The number of methoxy groups -OCH3 is 2. The van der Waals surface area contributed by atoms with Gasteiger partial charge in [0.05, 0.1) is 19.1 Å². The molecule has 0 unspecified atom stereocenters. The summed E-state index contributed by atoms with van der Waals surface area (Å²) in [7, 11) is -0.487. The number of benzene rings is 2. The van der Waals surface area contributed by atoms with Crippen LogP contribution in [-0.4, -0.2) is 52.5 Å². The lowest BCUT2D eigenvalue weighted by atomic mass is 10.1. The molecule has 0 aliphatic rings. The second-order valence-electron chi connectivity index (χ2n) is 6.76. The van der Waals surface area contributed by atoms with Gasteiger partial charge in [0.15, 0.2) is 11.5 Å². The summed E-state index contributed by atoms with van der Waals surface area (Å²) in [5, 5.41) is 2.85. The van der Waals surface area contributed by atoms with Crippen LogP contribution < -0.4 is 14.8 Å². The van der Waals surface area contributed by atoms with E-state index in [0.29, 0.717) is 48.7 Å². The van der Waals surface area contributed by atoms with Crippen LogP contribution >= 0.6 is 0 Å². The van der Waals surface area contributed by atoms with Crippen LogP contribution in [0.1, 0.15) is 35.3 Å². The molecule has 0 saturated carbocycles. The van der Waals surface area contributed by atoms with Gasteiger partial charge < -0.3 is 14.8 Å². The van der Waals surface area contributed by atoms with E-state index in [1.807, 2.05) is 18.2 Å². The van der Waals surface area contributed by atoms with Gasteiger partial charge in [0.1, 0.15) is 0 Å². The van der Waals surface area contributed by atoms with Crippen LogP contribution in [0.15, 0.2) is 41.3 Å². The zero-order valence-electron chi connectivity index (χ0n) is 18.2. The molecule has 0 aliphatic carbocycles. The standard InChI is InChI=1S/C22H30N2O5S/c1-6-24(7-2)30(26,27)21-15-18(10-8-16(21)3)22(25)23-13-12-17-9-11-19(28-4)20(14-17)29-5/h8-11,14-15H,6-7,12-13H2,1-5H3,(H,23,25). The predicted octanol–water partition coefficient (Wildman–Crippen LogP) is 3.02. The largest absolute Gasteiger partial charge is 0.493 e. The van der Waals surface area contributed by atoms with Crippen molar-refractivity contribution in [3.63, 3.8) is 0 Å². The van der Waals surface area contributed by atoms with Crippen LogP contribution in [0.5, 0.6) is 11.5 Å². The molecular weight excluding hydrogens is 404 g/mol. The average Bonchev–Trinajstić information content (AvgIpc) is 2.74. The van der Waals surface area contributed by atoms with Gasteiger partial charge in [-0.3, -0.25) is 4.79 Å². The molecule has 1 amide bonds. The Bertz CT molecular complexity index is 985. The molecular formula is C22H30N2O5S. The normalized spacial score (nSPS) is 11.4. The number of nitrogens with one attached hydrogen (secondary N) is 1. The first-order valence-electron chi connectivity index (χ1n) is 9.88. The third kappa shape index (κ3) is 5.31. The summed E-state index contributed by atoms with van der Waals surface area (Å²) >= 11 is 0. The summed E-state index contributed by atoms with van der Waals surface area (Å²) in [6.07, 6.45) is 0.600. The first-order chi connectivity index (χ1) is 14.3. The number of carbonyl (C=O) groups excluding carboxylic acids is 1. The lowest BCUT2D eigenvalue weighted by Crippen LogP contribution is -2.31. The number of sulfonamides is 1. The number of amides is 1. The second kappa shape index (κ2) is 10.4. The Morgan fingerprint density at radius 2 is 1.67 bits per heavy atom. The molecule has 2 aromatic rings. The van der Waals surface area contributed by atoms with E-state index >= 15 is 0 Å². The first kappa shape index (κ1) is 23.7. The van der Waals surface area contributed by atoms with Crippen LogP contribution in [0, 0.1) is 6.92 Å². The quantitative estimate of drug-likeness (QED) is 0.621. The number of ether oxygens (including phenoxy) is 2. The Morgan fingerprint density at radius 3 is 2.27 bits per heavy atom. The van der Waals surface area contributed by atoms with Gasteiger partial charge >= 0.3 is 0 Å². The molecule has 0 aliphatic heterocycles. The van der Waals surface area contributed by atoms with Gasteiger partial charge in [0.25, 0.3) is 5.91 Å². The molecule has 0 aromatic heterocycles. The highest BCUT2D eigenvalue weighted by Crippen LogP contribution is 2.27. The van der Waals surface area contributed by atoms with Gasteiger partial charge in [0.2, 0.25) is 10.0 Å². The minimum Gasteiger partial charge on any atom is -0.493 e. The lowest BCUT2D eigenvalue weighted by molar-refractivity contribution is 0.0954. The van der Waals surface area contributed by atoms with Gasteiger partial charge in [-0.05, 0) is 48.7 Å². The van der Waals surface area contributed by atoms with Crippen molar-refractivity contribution in [1.82, 2.24) is 9.62 Å². The van der Waals surface area contributed by atoms with E-state index in [2.05, 4.69) is 5.32 Å². The molecule has 8 heteroatoms. The Morgan fingerprint density at radius 1 is 1.00 bits per heavy atom. The number of carbonyl (C=O) groups is 1. The number of hydrogen-bond acceptors (Lipinski definition) is 5. The molecule has 0 atom stereocenters. The zero-order chi connectivity index (χ0) is 22.3. The SMILES string of the molecule is CCN(CC)S(=O)(=O)c1cc(C(=O)NCCc2ccc(OC)c(OC)c2)ccc1C. The minimum absolute atomic E-state index is 0.166. The van der Waals surface area contributed by atoms with Crippen molar-refractivity contribution in [2.75, 3.05) is 33.9 Å². The molecule has 0 bridgehead atoms. The van der Waals surface area contributed by atoms with Gasteiger partial charge in [-0.2, -0.15) is 4.31 Å². The highest BCUT2D eigenvalue weighted by Gasteiger charge is 2.24. The summed E-state index contributed by atoms with van der Waals surface area (Å²) < 4.78 is 37.7.